The molecule has 1 aliphatic heterocycles. The second kappa shape index (κ2) is 4.47. The summed E-state index contributed by atoms with van der Waals surface area (Å²) < 4.78 is 43.1. The average molecular weight is 245 g/mol. The largest absolute Gasteiger partial charge is 0.486 e. The third-order valence-corrected chi connectivity index (χ3v) is 2.73. The van der Waals surface area contributed by atoms with Crippen LogP contribution in [0.4, 0.5) is 18.9 Å². The molecule has 0 aromatic heterocycles. The molecule has 0 saturated carbocycles. The lowest BCUT2D eigenvalue weighted by atomic mass is 10.1. The molecule has 5 heteroatoms. The Labute approximate surface area is 97.8 Å². The summed E-state index contributed by atoms with van der Waals surface area (Å²) in [5.74, 6) is 0.296. The van der Waals surface area contributed by atoms with E-state index in [0.29, 0.717) is 18.0 Å². The molecule has 1 aromatic carbocycles. The van der Waals surface area contributed by atoms with E-state index in [-0.39, 0.29) is 6.10 Å². The van der Waals surface area contributed by atoms with Crippen LogP contribution in [0, 0.1) is 0 Å². The van der Waals surface area contributed by atoms with Crippen molar-refractivity contribution in [2.24, 2.45) is 0 Å². The van der Waals surface area contributed by atoms with Crippen LogP contribution in [0.2, 0.25) is 0 Å². The second-order valence-corrected chi connectivity index (χ2v) is 4.12. The van der Waals surface area contributed by atoms with E-state index in [9.17, 15) is 13.2 Å². The van der Waals surface area contributed by atoms with Gasteiger partial charge in [0.15, 0.2) is 0 Å². The molecule has 0 amide bonds. The molecule has 0 saturated heterocycles. The monoisotopic (exact) mass is 245 g/mol. The molecule has 1 N–H and O–H groups in total. The molecule has 0 fully saturated rings. The number of anilines is 1. The first-order valence-corrected chi connectivity index (χ1v) is 5.62. The van der Waals surface area contributed by atoms with Crippen molar-refractivity contribution in [3.8, 4) is 5.75 Å². The van der Waals surface area contributed by atoms with Gasteiger partial charge in [0.2, 0.25) is 0 Å². The molecule has 1 aromatic rings. The summed E-state index contributed by atoms with van der Waals surface area (Å²) in [5, 5.41) is 3.08. The number of nitrogens with one attached hydrogen (secondary N) is 1. The molecule has 0 bridgehead atoms. The predicted molar refractivity (Wildman–Crippen MR) is 59.3 cm³/mol. The third-order valence-electron chi connectivity index (χ3n) is 2.73. The van der Waals surface area contributed by atoms with Crippen molar-refractivity contribution in [3.05, 3.63) is 23.8 Å². The van der Waals surface area contributed by atoms with E-state index in [0.717, 1.165) is 25.0 Å². The van der Waals surface area contributed by atoms with Crippen LogP contribution in [0.3, 0.4) is 0 Å². The number of hydrogen-bond acceptors (Lipinski definition) is 2. The van der Waals surface area contributed by atoms with E-state index in [4.69, 9.17) is 4.74 Å². The van der Waals surface area contributed by atoms with Crippen molar-refractivity contribution >= 4 is 5.69 Å². The van der Waals surface area contributed by atoms with E-state index in [2.05, 4.69) is 5.32 Å². The van der Waals surface area contributed by atoms with Gasteiger partial charge in [-0.3, -0.25) is 0 Å². The van der Waals surface area contributed by atoms with Gasteiger partial charge >= 0.3 is 6.18 Å². The molecule has 0 radical (unpaired) electrons. The fourth-order valence-electron chi connectivity index (χ4n) is 1.87. The summed E-state index contributed by atoms with van der Waals surface area (Å²) in [6.45, 7) is 2.66. The molecule has 0 aliphatic carbocycles. The van der Waals surface area contributed by atoms with Crippen LogP contribution in [0.25, 0.3) is 0 Å². The van der Waals surface area contributed by atoms with Gasteiger partial charge in [0.25, 0.3) is 0 Å². The van der Waals surface area contributed by atoms with Crippen LogP contribution in [-0.2, 0) is 6.18 Å². The van der Waals surface area contributed by atoms with E-state index >= 15 is 0 Å². The number of hydrogen-bond donors (Lipinski definition) is 1. The maximum Gasteiger partial charge on any atom is 0.416 e. The van der Waals surface area contributed by atoms with Gasteiger partial charge in [0.1, 0.15) is 11.9 Å². The summed E-state index contributed by atoms with van der Waals surface area (Å²) in [6.07, 6.45) is -2.59. The highest BCUT2D eigenvalue weighted by Crippen LogP contribution is 2.37. The molecule has 2 rings (SSSR count). The van der Waals surface area contributed by atoms with Gasteiger partial charge in [-0.15, -0.1) is 0 Å². The van der Waals surface area contributed by atoms with E-state index < -0.39 is 11.7 Å². The Balaban J connectivity index is 2.23. The standard InChI is InChI=1S/C12H14F3NO/c1-2-3-9-7-16-10-5-4-8(12(13,14)15)6-11(10)17-9/h4-6,9,16H,2-3,7H2,1H3. The molecule has 1 aliphatic rings. The van der Waals surface area contributed by atoms with E-state index in [1.165, 1.54) is 6.07 Å². The topological polar surface area (TPSA) is 21.3 Å². The minimum Gasteiger partial charge on any atom is -0.486 e. The minimum atomic E-state index is -4.32. The molecule has 1 atom stereocenters. The predicted octanol–water partition coefficient (Wildman–Crippen LogP) is 3.68. The van der Waals surface area contributed by atoms with Crippen molar-refractivity contribution in [2.45, 2.75) is 32.0 Å². The fraction of sp³-hybridized carbons (Fsp3) is 0.500. The Morgan fingerprint density at radius 3 is 2.82 bits per heavy atom. The first-order chi connectivity index (χ1) is 8.00. The average Bonchev–Trinajstić information content (AvgIpc) is 2.27. The van der Waals surface area contributed by atoms with Crippen molar-refractivity contribution in [3.63, 3.8) is 0 Å². The van der Waals surface area contributed by atoms with Crippen molar-refractivity contribution in [2.75, 3.05) is 11.9 Å². The Hall–Kier alpha value is -1.39. The molecule has 2 nitrogen and oxygen atoms in total. The van der Waals surface area contributed by atoms with Crippen LogP contribution < -0.4 is 10.1 Å². The first kappa shape index (κ1) is 12.1. The zero-order valence-corrected chi connectivity index (χ0v) is 9.47. The molecule has 94 valence electrons. The summed E-state index contributed by atoms with van der Waals surface area (Å²) in [4.78, 5) is 0. The zero-order valence-electron chi connectivity index (χ0n) is 9.47. The van der Waals surface area contributed by atoms with Crippen LogP contribution in [0.15, 0.2) is 18.2 Å². The van der Waals surface area contributed by atoms with Crippen molar-refractivity contribution < 1.29 is 17.9 Å². The smallest absolute Gasteiger partial charge is 0.416 e. The van der Waals surface area contributed by atoms with Gasteiger partial charge in [0.05, 0.1) is 17.8 Å². The Morgan fingerprint density at radius 2 is 2.18 bits per heavy atom. The van der Waals surface area contributed by atoms with Crippen LogP contribution in [0.1, 0.15) is 25.3 Å². The third kappa shape index (κ3) is 2.65. The van der Waals surface area contributed by atoms with Gasteiger partial charge in [0, 0.05) is 0 Å². The number of halogens is 3. The maximum atomic E-state index is 12.5. The van der Waals surface area contributed by atoms with Crippen LogP contribution in [0.5, 0.6) is 5.75 Å². The molecular weight excluding hydrogens is 231 g/mol. The van der Waals surface area contributed by atoms with Gasteiger partial charge < -0.3 is 10.1 Å². The molecule has 1 heterocycles. The van der Waals surface area contributed by atoms with E-state index in [1.807, 2.05) is 6.92 Å². The summed E-state index contributed by atoms with van der Waals surface area (Å²) >= 11 is 0. The van der Waals surface area contributed by atoms with Crippen LogP contribution in [-0.4, -0.2) is 12.6 Å². The molecule has 17 heavy (non-hydrogen) atoms. The minimum absolute atomic E-state index is 0.0454. The van der Waals surface area contributed by atoms with Gasteiger partial charge in [-0.05, 0) is 24.6 Å². The highest BCUT2D eigenvalue weighted by atomic mass is 19.4. The maximum absolute atomic E-state index is 12.5. The second-order valence-electron chi connectivity index (χ2n) is 4.12. The van der Waals surface area contributed by atoms with Gasteiger partial charge in [-0.25, -0.2) is 0 Å². The molecule has 0 spiro atoms. The summed E-state index contributed by atoms with van der Waals surface area (Å²) in [5.41, 5.74) is -0.0412. The van der Waals surface area contributed by atoms with Crippen molar-refractivity contribution in [1.29, 1.82) is 0 Å². The molecule has 1 unspecified atom stereocenters. The van der Waals surface area contributed by atoms with Crippen molar-refractivity contribution in [1.82, 2.24) is 0 Å². The SMILES string of the molecule is CCCC1CNc2ccc(C(F)(F)F)cc2O1. The Morgan fingerprint density at radius 1 is 1.41 bits per heavy atom. The quantitative estimate of drug-likeness (QED) is 0.858. The highest BCUT2D eigenvalue weighted by molar-refractivity contribution is 5.59. The number of benzene rings is 1. The molecular formula is C12H14F3NO. The van der Waals surface area contributed by atoms with Gasteiger partial charge in [-0.2, -0.15) is 13.2 Å². The van der Waals surface area contributed by atoms with Gasteiger partial charge in [-0.1, -0.05) is 13.3 Å². The number of alkyl halides is 3. The number of ether oxygens (including phenoxy) is 1. The lowest BCUT2D eigenvalue weighted by molar-refractivity contribution is -0.137. The van der Waals surface area contributed by atoms with E-state index in [1.54, 1.807) is 0 Å². The fourth-order valence-corrected chi connectivity index (χ4v) is 1.87. The highest BCUT2D eigenvalue weighted by Gasteiger charge is 2.32. The number of fused-ring (bicyclic) bond motifs is 1. The Kier molecular flexibility index (Phi) is 3.17. The Bertz CT molecular complexity index is 403. The lowest BCUT2D eigenvalue weighted by Gasteiger charge is -2.27. The first-order valence-electron chi connectivity index (χ1n) is 5.62. The lowest BCUT2D eigenvalue weighted by Crippen LogP contribution is -2.30. The summed E-state index contributed by atoms with van der Waals surface area (Å²) in [7, 11) is 0. The zero-order chi connectivity index (χ0) is 12.5. The van der Waals surface area contributed by atoms with Crippen LogP contribution >= 0.6 is 0 Å². The number of rotatable bonds is 2. The normalized spacial score (nSPS) is 19.2. The summed E-state index contributed by atoms with van der Waals surface area (Å²) in [6, 6.07) is 3.54.